The average Bonchev–Trinajstić information content (AvgIpc) is 3.41. The first-order valence-corrected chi connectivity index (χ1v) is 9.59. The SMILES string of the molecule is O=C(NCc1cnco1)Nc1ccc(Cc2ncc(-c3ccccc3)s2)cc1. The number of benzene rings is 2. The quantitative estimate of drug-likeness (QED) is 0.500. The second-order valence-electron chi connectivity index (χ2n) is 6.13. The Morgan fingerprint density at radius 1 is 1.04 bits per heavy atom. The summed E-state index contributed by atoms with van der Waals surface area (Å²) in [6, 6.07) is 17.7. The molecule has 2 aromatic carbocycles. The Bertz CT molecular complexity index is 1030. The van der Waals surface area contributed by atoms with E-state index in [2.05, 4.69) is 32.7 Å². The van der Waals surface area contributed by atoms with Gasteiger partial charge in [-0.1, -0.05) is 42.5 Å². The second-order valence-corrected chi connectivity index (χ2v) is 7.25. The molecule has 0 saturated carbocycles. The van der Waals surface area contributed by atoms with E-state index in [-0.39, 0.29) is 12.6 Å². The van der Waals surface area contributed by atoms with Crippen LogP contribution in [0.1, 0.15) is 16.3 Å². The molecule has 2 heterocycles. The molecule has 0 fully saturated rings. The minimum Gasteiger partial charge on any atom is -0.447 e. The fraction of sp³-hybridized carbons (Fsp3) is 0.0952. The van der Waals surface area contributed by atoms with E-state index in [0.29, 0.717) is 5.76 Å². The lowest BCUT2D eigenvalue weighted by Crippen LogP contribution is -2.27. The lowest BCUT2D eigenvalue weighted by Gasteiger charge is -2.07. The van der Waals surface area contributed by atoms with E-state index < -0.39 is 0 Å². The molecule has 2 N–H and O–H groups in total. The van der Waals surface area contributed by atoms with Crippen molar-refractivity contribution in [1.82, 2.24) is 15.3 Å². The molecule has 2 aromatic heterocycles. The van der Waals surface area contributed by atoms with E-state index in [9.17, 15) is 4.79 Å². The Labute approximate surface area is 166 Å². The van der Waals surface area contributed by atoms with E-state index in [4.69, 9.17) is 4.42 Å². The van der Waals surface area contributed by atoms with Crippen LogP contribution in [-0.2, 0) is 13.0 Å². The van der Waals surface area contributed by atoms with Crippen molar-refractivity contribution in [3.8, 4) is 10.4 Å². The van der Waals surface area contributed by atoms with Crippen LogP contribution < -0.4 is 10.6 Å². The number of anilines is 1. The number of nitrogens with zero attached hydrogens (tertiary/aromatic N) is 2. The van der Waals surface area contributed by atoms with Crippen LogP contribution in [0.25, 0.3) is 10.4 Å². The van der Waals surface area contributed by atoms with Gasteiger partial charge in [-0.2, -0.15) is 0 Å². The summed E-state index contributed by atoms with van der Waals surface area (Å²) >= 11 is 1.70. The molecule has 7 heteroatoms. The van der Waals surface area contributed by atoms with Gasteiger partial charge >= 0.3 is 6.03 Å². The predicted molar refractivity (Wildman–Crippen MR) is 109 cm³/mol. The normalized spacial score (nSPS) is 10.6. The van der Waals surface area contributed by atoms with Gasteiger partial charge in [0, 0.05) is 18.3 Å². The van der Waals surface area contributed by atoms with Crippen LogP contribution in [0, 0.1) is 0 Å². The third-order valence-corrected chi connectivity index (χ3v) is 5.13. The monoisotopic (exact) mass is 390 g/mol. The van der Waals surface area contributed by atoms with E-state index in [0.717, 1.165) is 27.6 Å². The zero-order chi connectivity index (χ0) is 19.2. The van der Waals surface area contributed by atoms with Crippen LogP contribution in [0.3, 0.4) is 0 Å². The molecule has 0 aliphatic carbocycles. The third-order valence-electron chi connectivity index (χ3n) is 4.09. The minimum atomic E-state index is -0.295. The van der Waals surface area contributed by atoms with E-state index in [1.807, 2.05) is 48.7 Å². The molecule has 0 aliphatic rings. The molecular formula is C21H18N4O2S. The highest BCUT2D eigenvalue weighted by Gasteiger charge is 2.07. The summed E-state index contributed by atoms with van der Waals surface area (Å²) in [5.74, 6) is 0.601. The fourth-order valence-corrected chi connectivity index (χ4v) is 3.64. The van der Waals surface area contributed by atoms with Crippen molar-refractivity contribution in [2.24, 2.45) is 0 Å². The summed E-state index contributed by atoms with van der Waals surface area (Å²) in [6.07, 6.45) is 5.58. The number of hydrogen-bond acceptors (Lipinski definition) is 5. The highest BCUT2D eigenvalue weighted by molar-refractivity contribution is 7.15. The van der Waals surface area contributed by atoms with Crippen molar-refractivity contribution >= 4 is 23.1 Å². The van der Waals surface area contributed by atoms with Crippen LogP contribution in [0.5, 0.6) is 0 Å². The largest absolute Gasteiger partial charge is 0.447 e. The number of thiazole rings is 1. The number of carbonyl (C=O) groups excluding carboxylic acids is 1. The van der Waals surface area contributed by atoms with Crippen LogP contribution in [-0.4, -0.2) is 16.0 Å². The number of urea groups is 1. The summed E-state index contributed by atoms with van der Waals surface area (Å²) in [7, 11) is 0. The van der Waals surface area contributed by atoms with Gasteiger partial charge in [-0.25, -0.2) is 14.8 Å². The average molecular weight is 390 g/mol. The molecule has 4 rings (SSSR count). The summed E-state index contributed by atoms with van der Waals surface area (Å²) < 4.78 is 5.08. The fourth-order valence-electron chi connectivity index (χ4n) is 2.68. The number of hydrogen-bond donors (Lipinski definition) is 2. The van der Waals surface area contributed by atoms with Gasteiger partial charge in [0.1, 0.15) is 5.76 Å². The Balaban J connectivity index is 1.32. The van der Waals surface area contributed by atoms with Crippen molar-refractivity contribution in [2.75, 3.05) is 5.32 Å². The van der Waals surface area contributed by atoms with E-state index in [1.54, 1.807) is 17.5 Å². The van der Waals surface area contributed by atoms with Crippen LogP contribution in [0.2, 0.25) is 0 Å². The molecular weight excluding hydrogens is 372 g/mol. The van der Waals surface area contributed by atoms with E-state index in [1.165, 1.54) is 12.0 Å². The molecule has 0 spiro atoms. The van der Waals surface area contributed by atoms with Crippen LogP contribution in [0.15, 0.2) is 77.8 Å². The molecule has 140 valence electrons. The highest BCUT2D eigenvalue weighted by atomic mass is 32.1. The summed E-state index contributed by atoms with van der Waals surface area (Å²) in [4.78, 5) is 21.4. The highest BCUT2D eigenvalue weighted by Crippen LogP contribution is 2.27. The predicted octanol–water partition coefficient (Wildman–Crippen LogP) is 4.71. The third kappa shape index (κ3) is 4.63. The van der Waals surface area contributed by atoms with Gasteiger partial charge in [-0.3, -0.25) is 0 Å². The maximum atomic E-state index is 11.9. The van der Waals surface area contributed by atoms with Gasteiger partial charge in [-0.05, 0) is 23.3 Å². The van der Waals surface area contributed by atoms with Crippen LogP contribution >= 0.6 is 11.3 Å². The van der Waals surface area contributed by atoms with Crippen molar-refractivity contribution < 1.29 is 9.21 Å². The molecule has 28 heavy (non-hydrogen) atoms. The first-order chi connectivity index (χ1) is 13.8. The molecule has 0 aliphatic heterocycles. The first-order valence-electron chi connectivity index (χ1n) is 8.77. The summed E-state index contributed by atoms with van der Waals surface area (Å²) in [5, 5.41) is 6.57. The van der Waals surface area contributed by atoms with Crippen molar-refractivity contribution in [3.63, 3.8) is 0 Å². The molecule has 0 atom stereocenters. The summed E-state index contributed by atoms with van der Waals surface area (Å²) in [5.41, 5.74) is 3.05. The van der Waals surface area contributed by atoms with Gasteiger partial charge in [0.25, 0.3) is 0 Å². The van der Waals surface area contributed by atoms with Crippen LogP contribution in [0.4, 0.5) is 10.5 Å². The van der Waals surface area contributed by atoms with Crippen molar-refractivity contribution in [3.05, 3.63) is 89.7 Å². The number of amides is 2. The number of nitrogens with one attached hydrogen (secondary N) is 2. The van der Waals surface area contributed by atoms with Gasteiger partial charge in [0.05, 0.1) is 22.6 Å². The Hall–Kier alpha value is -3.45. The molecule has 0 bridgehead atoms. The molecule has 2 amide bonds. The van der Waals surface area contributed by atoms with Gasteiger partial charge in [0.15, 0.2) is 6.39 Å². The maximum absolute atomic E-state index is 11.9. The second kappa shape index (κ2) is 8.49. The Morgan fingerprint density at radius 3 is 2.61 bits per heavy atom. The molecule has 4 aromatic rings. The molecule has 6 nitrogen and oxygen atoms in total. The number of oxazole rings is 1. The lowest BCUT2D eigenvalue weighted by molar-refractivity contribution is 0.251. The maximum Gasteiger partial charge on any atom is 0.319 e. The standard InChI is InChI=1S/C21H18N4O2S/c26-21(24-12-18-11-22-14-27-18)25-17-8-6-15(7-9-17)10-20-23-13-19(28-20)16-4-2-1-3-5-16/h1-9,11,13-14H,10,12H2,(H2,24,25,26). The molecule has 0 saturated heterocycles. The van der Waals surface area contributed by atoms with Crippen molar-refractivity contribution in [1.29, 1.82) is 0 Å². The van der Waals surface area contributed by atoms with Gasteiger partial charge < -0.3 is 15.1 Å². The van der Waals surface area contributed by atoms with Gasteiger partial charge in [0.2, 0.25) is 0 Å². The molecule has 0 radical (unpaired) electrons. The smallest absolute Gasteiger partial charge is 0.319 e. The lowest BCUT2D eigenvalue weighted by atomic mass is 10.1. The topological polar surface area (TPSA) is 80.0 Å². The number of aromatic nitrogens is 2. The first kappa shape index (κ1) is 17.9. The molecule has 0 unspecified atom stereocenters. The Kier molecular flexibility index (Phi) is 5.44. The summed E-state index contributed by atoms with van der Waals surface area (Å²) in [6.45, 7) is 0.289. The van der Waals surface area contributed by atoms with Crippen molar-refractivity contribution in [2.45, 2.75) is 13.0 Å². The van der Waals surface area contributed by atoms with E-state index >= 15 is 0 Å². The Morgan fingerprint density at radius 2 is 1.86 bits per heavy atom. The minimum absolute atomic E-state index is 0.289. The zero-order valence-electron chi connectivity index (χ0n) is 15.0. The number of carbonyl (C=O) groups is 1. The zero-order valence-corrected chi connectivity index (χ0v) is 15.8. The van der Waals surface area contributed by atoms with Gasteiger partial charge in [-0.15, -0.1) is 11.3 Å². The number of rotatable bonds is 6.